The molecule has 3 atom stereocenters. The molecule has 0 heterocycles. The summed E-state index contributed by atoms with van der Waals surface area (Å²) in [4.78, 5) is 34.9. The third-order valence-corrected chi connectivity index (χ3v) is 3.71. The average molecular weight is 405 g/mol. The van der Waals surface area contributed by atoms with Gasteiger partial charge in [0.25, 0.3) is 0 Å². The number of carbonyl (C=O) groups is 3. The third kappa shape index (κ3) is 14.0. The van der Waals surface area contributed by atoms with Crippen LogP contribution in [0.3, 0.4) is 0 Å². The molecule has 0 bridgehead atoms. The van der Waals surface area contributed by atoms with Crippen LogP contribution in [-0.2, 0) is 28.6 Å². The van der Waals surface area contributed by atoms with Gasteiger partial charge < -0.3 is 14.2 Å². The van der Waals surface area contributed by atoms with Gasteiger partial charge in [-0.15, -0.1) is 6.58 Å². The van der Waals surface area contributed by atoms with Gasteiger partial charge in [0.1, 0.15) is 6.10 Å². The number of allylic oxidation sites excluding steroid dienone is 1. The quantitative estimate of drug-likeness (QED) is 0.162. The first-order chi connectivity index (χ1) is 13.8. The second-order valence-electron chi connectivity index (χ2n) is 6.50. The number of ether oxygens (including phenoxy) is 3. The summed E-state index contributed by atoms with van der Waals surface area (Å²) >= 11 is 0. The van der Waals surface area contributed by atoms with E-state index in [0.29, 0.717) is 12.8 Å². The van der Waals surface area contributed by atoms with Crippen molar-refractivity contribution in [3.63, 3.8) is 0 Å². The predicted molar refractivity (Wildman–Crippen MR) is 110 cm³/mol. The Morgan fingerprint density at radius 1 is 0.931 bits per heavy atom. The van der Waals surface area contributed by atoms with Crippen molar-refractivity contribution in [2.45, 2.75) is 91.0 Å². The predicted octanol–water partition coefficient (Wildman–Crippen LogP) is 3.72. The highest BCUT2D eigenvalue weighted by Crippen LogP contribution is 2.19. The van der Waals surface area contributed by atoms with Crippen molar-refractivity contribution >= 4 is 17.9 Å². The van der Waals surface area contributed by atoms with Gasteiger partial charge in [-0.3, -0.25) is 14.4 Å². The largest absolute Gasteiger partial charge is 0.458 e. The van der Waals surface area contributed by atoms with Crippen molar-refractivity contribution in [3.8, 4) is 23.7 Å². The van der Waals surface area contributed by atoms with Gasteiger partial charge in [0, 0.05) is 27.2 Å². The molecular formula is C23H32O6. The van der Waals surface area contributed by atoms with E-state index in [9.17, 15) is 14.4 Å². The fraction of sp³-hybridized carbons (Fsp3) is 0.609. The first-order valence-corrected chi connectivity index (χ1v) is 9.92. The maximum Gasteiger partial charge on any atom is 0.304 e. The van der Waals surface area contributed by atoms with Crippen LogP contribution in [0.1, 0.15) is 72.6 Å². The molecule has 0 aromatic rings. The van der Waals surface area contributed by atoms with E-state index in [1.807, 2.05) is 13.0 Å². The minimum atomic E-state index is -1.09. The molecule has 0 aliphatic rings. The van der Waals surface area contributed by atoms with E-state index in [0.717, 1.165) is 32.1 Å². The van der Waals surface area contributed by atoms with E-state index in [1.165, 1.54) is 20.8 Å². The highest BCUT2D eigenvalue weighted by Gasteiger charge is 2.35. The zero-order valence-corrected chi connectivity index (χ0v) is 17.9. The Balaban J connectivity index is 5.61. The third-order valence-electron chi connectivity index (χ3n) is 3.71. The molecule has 0 rings (SSSR count). The Morgan fingerprint density at radius 2 is 1.59 bits per heavy atom. The van der Waals surface area contributed by atoms with E-state index >= 15 is 0 Å². The zero-order chi connectivity index (χ0) is 22.1. The number of hydrogen-bond acceptors (Lipinski definition) is 6. The van der Waals surface area contributed by atoms with Gasteiger partial charge in [-0.1, -0.05) is 25.3 Å². The second-order valence-corrected chi connectivity index (χ2v) is 6.50. The molecule has 0 radical (unpaired) electrons. The molecule has 0 saturated heterocycles. The lowest BCUT2D eigenvalue weighted by atomic mass is 10.0. The van der Waals surface area contributed by atoms with Crippen molar-refractivity contribution in [3.05, 3.63) is 12.7 Å². The number of unbranched alkanes of at least 4 members (excludes halogenated alkanes) is 4. The maximum atomic E-state index is 11.7. The summed E-state index contributed by atoms with van der Waals surface area (Å²) in [6.07, 6.45) is 4.43. The molecule has 0 unspecified atom stereocenters. The normalized spacial score (nSPS) is 12.7. The lowest BCUT2D eigenvalue weighted by Crippen LogP contribution is -2.44. The van der Waals surface area contributed by atoms with Gasteiger partial charge in [0.15, 0.2) is 6.10 Å². The van der Waals surface area contributed by atoms with E-state index in [2.05, 4.69) is 30.3 Å². The monoisotopic (exact) mass is 404 g/mol. The van der Waals surface area contributed by atoms with Crippen LogP contribution in [-0.4, -0.2) is 36.2 Å². The minimum Gasteiger partial charge on any atom is -0.458 e. The number of hydrogen-bond donors (Lipinski definition) is 0. The number of rotatable bonds is 12. The Morgan fingerprint density at radius 3 is 2.14 bits per heavy atom. The van der Waals surface area contributed by atoms with Gasteiger partial charge in [-0.25, -0.2) is 0 Å². The first kappa shape index (κ1) is 26.3. The SMILES string of the molecule is C=CCCCCC[C@H](OC(C)=O)[C@H](OC(C)=O)[C@@H](C#CC#CCCC)OC(C)=O. The number of esters is 3. The highest BCUT2D eigenvalue weighted by molar-refractivity contribution is 5.68. The lowest BCUT2D eigenvalue weighted by molar-refractivity contribution is -0.178. The summed E-state index contributed by atoms with van der Waals surface area (Å²) in [6.45, 7) is 9.44. The molecule has 0 spiro atoms. The molecule has 6 nitrogen and oxygen atoms in total. The highest BCUT2D eigenvalue weighted by atomic mass is 16.6. The van der Waals surface area contributed by atoms with E-state index < -0.39 is 36.2 Å². The fourth-order valence-electron chi connectivity index (χ4n) is 2.54. The van der Waals surface area contributed by atoms with Crippen molar-refractivity contribution < 1.29 is 28.6 Å². The smallest absolute Gasteiger partial charge is 0.304 e. The second kappa shape index (κ2) is 16.2. The molecule has 0 aromatic carbocycles. The van der Waals surface area contributed by atoms with Crippen molar-refractivity contribution in [1.82, 2.24) is 0 Å². The summed E-state index contributed by atoms with van der Waals surface area (Å²) in [5, 5.41) is 0. The topological polar surface area (TPSA) is 78.9 Å². The van der Waals surface area contributed by atoms with Gasteiger partial charge in [-0.2, -0.15) is 0 Å². The molecule has 0 aliphatic heterocycles. The van der Waals surface area contributed by atoms with Gasteiger partial charge >= 0.3 is 17.9 Å². The maximum absolute atomic E-state index is 11.7. The zero-order valence-electron chi connectivity index (χ0n) is 17.9. The Labute approximate surface area is 174 Å². The summed E-state index contributed by atoms with van der Waals surface area (Å²) in [5.74, 6) is 9.24. The average Bonchev–Trinajstić information content (AvgIpc) is 2.63. The van der Waals surface area contributed by atoms with Crippen LogP contribution < -0.4 is 0 Å². The van der Waals surface area contributed by atoms with Crippen molar-refractivity contribution in [2.75, 3.05) is 0 Å². The molecule has 0 saturated carbocycles. The van der Waals surface area contributed by atoms with Gasteiger partial charge in [0.05, 0.1) is 0 Å². The Hall–Kier alpha value is -2.73. The van der Waals surface area contributed by atoms with Crippen molar-refractivity contribution in [1.29, 1.82) is 0 Å². The Kier molecular flexibility index (Phi) is 14.7. The molecule has 0 fully saturated rings. The van der Waals surface area contributed by atoms with Gasteiger partial charge in [-0.05, 0) is 49.9 Å². The van der Waals surface area contributed by atoms with Gasteiger partial charge in [0.2, 0.25) is 6.10 Å². The lowest BCUT2D eigenvalue weighted by Gasteiger charge is -2.29. The van der Waals surface area contributed by atoms with E-state index in [1.54, 1.807) is 0 Å². The standard InChI is InChI=1S/C23H32O6/c1-6-8-10-12-14-16-21(27-18(3)24)23(29-20(5)26)22(28-19(4)25)17-15-13-11-9-7-2/h6,21-23H,1,7-10,12,14,16H2,2-5H3/t21-,22+,23-/m0/s1. The summed E-state index contributed by atoms with van der Waals surface area (Å²) in [7, 11) is 0. The molecule has 0 amide bonds. The summed E-state index contributed by atoms with van der Waals surface area (Å²) < 4.78 is 16.0. The summed E-state index contributed by atoms with van der Waals surface area (Å²) in [5.41, 5.74) is 0. The van der Waals surface area contributed by atoms with Crippen LogP contribution in [0.2, 0.25) is 0 Å². The molecule has 0 N–H and O–H groups in total. The van der Waals surface area contributed by atoms with Crippen LogP contribution >= 0.6 is 0 Å². The van der Waals surface area contributed by atoms with Crippen LogP contribution in [0.5, 0.6) is 0 Å². The molecular weight excluding hydrogens is 372 g/mol. The molecule has 0 aromatic heterocycles. The van der Waals surface area contributed by atoms with Crippen LogP contribution in [0.15, 0.2) is 12.7 Å². The molecule has 6 heteroatoms. The fourth-order valence-corrected chi connectivity index (χ4v) is 2.54. The Bertz CT molecular complexity index is 658. The van der Waals surface area contributed by atoms with Crippen LogP contribution in [0.4, 0.5) is 0 Å². The molecule has 29 heavy (non-hydrogen) atoms. The first-order valence-electron chi connectivity index (χ1n) is 9.92. The van der Waals surface area contributed by atoms with E-state index in [-0.39, 0.29) is 0 Å². The molecule has 0 aliphatic carbocycles. The van der Waals surface area contributed by atoms with E-state index in [4.69, 9.17) is 14.2 Å². The minimum absolute atomic E-state index is 0.440. The van der Waals surface area contributed by atoms with Crippen LogP contribution in [0.25, 0.3) is 0 Å². The van der Waals surface area contributed by atoms with Crippen LogP contribution in [0, 0.1) is 23.7 Å². The molecule has 160 valence electrons. The number of carbonyl (C=O) groups excluding carboxylic acids is 3. The summed E-state index contributed by atoms with van der Waals surface area (Å²) in [6, 6.07) is 0. The van der Waals surface area contributed by atoms with Crippen molar-refractivity contribution in [2.24, 2.45) is 0 Å².